The predicted octanol–water partition coefficient (Wildman–Crippen LogP) is 2.55. The van der Waals surface area contributed by atoms with E-state index in [4.69, 9.17) is 5.73 Å². The fourth-order valence-electron chi connectivity index (χ4n) is 2.98. The van der Waals surface area contributed by atoms with Crippen molar-refractivity contribution in [2.45, 2.75) is 38.3 Å². The van der Waals surface area contributed by atoms with Crippen LogP contribution in [0.4, 0.5) is 4.39 Å². The van der Waals surface area contributed by atoms with E-state index in [2.05, 4.69) is 23.9 Å². The van der Waals surface area contributed by atoms with Crippen molar-refractivity contribution < 1.29 is 4.39 Å². The van der Waals surface area contributed by atoms with Gasteiger partial charge in [0, 0.05) is 18.6 Å². The second-order valence-corrected chi connectivity index (χ2v) is 6.46. The standard InChI is InChI=1S/C17H28FN3/c1-13-6-7-14(11-16(13)18)17(19)8-10-21-9-4-5-15(12-21)20(2)3/h6-7,11,15,17H,4-5,8-10,12,19H2,1-3H3. The van der Waals surface area contributed by atoms with Crippen molar-refractivity contribution in [3.63, 3.8) is 0 Å². The van der Waals surface area contributed by atoms with Crippen molar-refractivity contribution in [1.82, 2.24) is 9.80 Å². The highest BCUT2D eigenvalue weighted by molar-refractivity contribution is 5.25. The quantitative estimate of drug-likeness (QED) is 0.905. The van der Waals surface area contributed by atoms with Gasteiger partial charge in [-0.05, 0) is 70.6 Å². The van der Waals surface area contributed by atoms with E-state index in [0.717, 1.165) is 31.6 Å². The number of rotatable bonds is 5. The minimum atomic E-state index is -0.159. The van der Waals surface area contributed by atoms with Crippen molar-refractivity contribution in [3.8, 4) is 0 Å². The number of halogens is 1. The van der Waals surface area contributed by atoms with Gasteiger partial charge in [0.15, 0.2) is 0 Å². The second-order valence-electron chi connectivity index (χ2n) is 6.46. The lowest BCUT2D eigenvalue weighted by atomic mass is 10.0. The third kappa shape index (κ3) is 4.50. The fraction of sp³-hybridized carbons (Fsp3) is 0.647. The number of hydrogen-bond acceptors (Lipinski definition) is 3. The molecule has 0 radical (unpaired) electrons. The van der Waals surface area contributed by atoms with Crippen LogP contribution in [0, 0.1) is 12.7 Å². The molecular formula is C17H28FN3. The van der Waals surface area contributed by atoms with Crippen LogP contribution in [0.2, 0.25) is 0 Å². The Morgan fingerprint density at radius 3 is 2.86 bits per heavy atom. The Kier molecular flexibility index (Phi) is 5.73. The van der Waals surface area contributed by atoms with Crippen molar-refractivity contribution in [1.29, 1.82) is 0 Å². The number of likely N-dealkylation sites (tertiary alicyclic amines) is 1. The summed E-state index contributed by atoms with van der Waals surface area (Å²) in [6.45, 7) is 5.03. The normalized spacial score (nSPS) is 21.7. The van der Waals surface area contributed by atoms with E-state index in [1.165, 1.54) is 12.8 Å². The van der Waals surface area contributed by atoms with E-state index < -0.39 is 0 Å². The first-order valence-corrected chi connectivity index (χ1v) is 7.88. The third-order valence-corrected chi connectivity index (χ3v) is 4.59. The number of hydrogen-bond donors (Lipinski definition) is 1. The molecule has 1 aliphatic rings. The van der Waals surface area contributed by atoms with Gasteiger partial charge in [-0.3, -0.25) is 0 Å². The van der Waals surface area contributed by atoms with Crippen LogP contribution in [0.5, 0.6) is 0 Å². The van der Waals surface area contributed by atoms with Crippen LogP contribution in [-0.2, 0) is 0 Å². The van der Waals surface area contributed by atoms with Crippen LogP contribution < -0.4 is 5.73 Å². The second kappa shape index (κ2) is 7.34. The van der Waals surface area contributed by atoms with Crippen molar-refractivity contribution in [3.05, 3.63) is 35.1 Å². The molecule has 4 heteroatoms. The zero-order valence-electron chi connectivity index (χ0n) is 13.5. The molecule has 0 amide bonds. The van der Waals surface area contributed by atoms with Gasteiger partial charge in [-0.1, -0.05) is 12.1 Å². The smallest absolute Gasteiger partial charge is 0.126 e. The maximum Gasteiger partial charge on any atom is 0.126 e. The summed E-state index contributed by atoms with van der Waals surface area (Å²) < 4.78 is 13.6. The SMILES string of the molecule is Cc1ccc(C(N)CCN2CCCC(N(C)C)C2)cc1F. The molecule has 0 saturated carbocycles. The number of nitrogens with two attached hydrogens (primary N) is 1. The molecule has 1 aromatic rings. The van der Waals surface area contributed by atoms with Crippen molar-refractivity contribution in [2.24, 2.45) is 5.73 Å². The number of piperidine rings is 1. The summed E-state index contributed by atoms with van der Waals surface area (Å²) in [4.78, 5) is 4.79. The Hall–Kier alpha value is -0.970. The molecule has 0 spiro atoms. The molecule has 2 N–H and O–H groups in total. The lowest BCUT2D eigenvalue weighted by Crippen LogP contribution is -2.45. The summed E-state index contributed by atoms with van der Waals surface area (Å²) in [5, 5.41) is 0. The Labute approximate surface area is 127 Å². The van der Waals surface area contributed by atoms with Gasteiger partial charge in [0.05, 0.1) is 0 Å². The topological polar surface area (TPSA) is 32.5 Å². The van der Waals surface area contributed by atoms with Crippen molar-refractivity contribution >= 4 is 0 Å². The lowest BCUT2D eigenvalue weighted by Gasteiger charge is -2.36. The van der Waals surface area contributed by atoms with Gasteiger partial charge in [-0.25, -0.2) is 4.39 Å². The van der Waals surface area contributed by atoms with Crippen molar-refractivity contribution in [2.75, 3.05) is 33.7 Å². The zero-order chi connectivity index (χ0) is 15.4. The van der Waals surface area contributed by atoms with Gasteiger partial charge in [0.25, 0.3) is 0 Å². The first kappa shape index (κ1) is 16.4. The molecule has 1 aliphatic heterocycles. The summed E-state index contributed by atoms with van der Waals surface area (Å²) in [7, 11) is 4.30. The lowest BCUT2D eigenvalue weighted by molar-refractivity contribution is 0.130. The third-order valence-electron chi connectivity index (χ3n) is 4.59. The van der Waals surface area contributed by atoms with Crippen LogP contribution in [0.3, 0.4) is 0 Å². The van der Waals surface area contributed by atoms with E-state index in [1.807, 2.05) is 12.1 Å². The molecule has 2 unspecified atom stereocenters. The highest BCUT2D eigenvalue weighted by Crippen LogP contribution is 2.20. The maximum absolute atomic E-state index is 13.6. The minimum Gasteiger partial charge on any atom is -0.324 e. The first-order chi connectivity index (χ1) is 9.97. The molecule has 1 saturated heterocycles. The molecule has 0 aromatic heterocycles. The molecule has 21 heavy (non-hydrogen) atoms. The predicted molar refractivity (Wildman–Crippen MR) is 85.8 cm³/mol. The number of aryl methyl sites for hydroxylation is 1. The van der Waals surface area contributed by atoms with Gasteiger partial charge < -0.3 is 15.5 Å². The zero-order valence-corrected chi connectivity index (χ0v) is 13.5. The average Bonchev–Trinajstić information content (AvgIpc) is 2.48. The van der Waals surface area contributed by atoms with Gasteiger partial charge in [-0.15, -0.1) is 0 Å². The summed E-state index contributed by atoms with van der Waals surface area (Å²) >= 11 is 0. The molecule has 1 aromatic carbocycles. The molecule has 2 rings (SSSR count). The minimum absolute atomic E-state index is 0.0835. The largest absolute Gasteiger partial charge is 0.324 e. The van der Waals surface area contributed by atoms with E-state index >= 15 is 0 Å². The molecule has 2 atom stereocenters. The molecule has 118 valence electrons. The fourth-order valence-corrected chi connectivity index (χ4v) is 2.98. The molecule has 1 heterocycles. The van der Waals surface area contributed by atoms with Gasteiger partial charge in [0.1, 0.15) is 5.82 Å². The maximum atomic E-state index is 13.6. The van der Waals surface area contributed by atoms with E-state index in [0.29, 0.717) is 11.6 Å². The Morgan fingerprint density at radius 1 is 1.43 bits per heavy atom. The van der Waals surface area contributed by atoms with E-state index in [-0.39, 0.29) is 11.9 Å². The van der Waals surface area contributed by atoms with Crippen LogP contribution in [0.15, 0.2) is 18.2 Å². The first-order valence-electron chi connectivity index (χ1n) is 7.88. The summed E-state index contributed by atoms with van der Waals surface area (Å²) in [5.74, 6) is -0.159. The molecule has 0 bridgehead atoms. The molecule has 3 nitrogen and oxygen atoms in total. The van der Waals surface area contributed by atoms with Crippen LogP contribution >= 0.6 is 0 Å². The number of nitrogens with zero attached hydrogens (tertiary/aromatic N) is 2. The van der Waals surface area contributed by atoms with Gasteiger partial charge in [-0.2, -0.15) is 0 Å². The number of benzene rings is 1. The summed E-state index contributed by atoms with van der Waals surface area (Å²) in [5.41, 5.74) is 7.80. The molecular weight excluding hydrogens is 265 g/mol. The Balaban J connectivity index is 1.85. The monoisotopic (exact) mass is 293 g/mol. The van der Waals surface area contributed by atoms with E-state index in [1.54, 1.807) is 13.0 Å². The molecule has 0 aliphatic carbocycles. The highest BCUT2D eigenvalue weighted by Gasteiger charge is 2.21. The number of likely N-dealkylation sites (N-methyl/N-ethyl adjacent to an activating group) is 1. The molecule has 1 fully saturated rings. The van der Waals surface area contributed by atoms with Crippen LogP contribution in [0.25, 0.3) is 0 Å². The van der Waals surface area contributed by atoms with Crippen LogP contribution in [-0.4, -0.2) is 49.6 Å². The summed E-state index contributed by atoms with van der Waals surface area (Å²) in [6, 6.07) is 5.90. The summed E-state index contributed by atoms with van der Waals surface area (Å²) in [6.07, 6.45) is 3.40. The highest BCUT2D eigenvalue weighted by atomic mass is 19.1. The Bertz CT molecular complexity index is 461. The van der Waals surface area contributed by atoms with Gasteiger partial charge >= 0.3 is 0 Å². The van der Waals surface area contributed by atoms with E-state index in [9.17, 15) is 4.39 Å². The Morgan fingerprint density at radius 2 is 2.19 bits per heavy atom. The average molecular weight is 293 g/mol. The van der Waals surface area contributed by atoms with Crippen LogP contribution in [0.1, 0.15) is 36.4 Å². The van der Waals surface area contributed by atoms with Gasteiger partial charge in [0.2, 0.25) is 0 Å².